The number of hydrogen-bond acceptors (Lipinski definition) is 4. The van der Waals surface area contributed by atoms with Crippen LogP contribution in [-0.4, -0.2) is 0 Å². The van der Waals surface area contributed by atoms with Crippen molar-refractivity contribution >= 4 is 111 Å². The molecule has 0 amide bonds. The lowest BCUT2D eigenvalue weighted by Gasteiger charge is -2.33. The molecule has 0 saturated heterocycles. The summed E-state index contributed by atoms with van der Waals surface area (Å²) in [5, 5.41) is 9.56. The van der Waals surface area contributed by atoms with Gasteiger partial charge in [0.05, 0.1) is 22.2 Å². The first-order valence-electron chi connectivity index (χ1n) is 42.6. The van der Waals surface area contributed by atoms with E-state index < -0.39 is 10.8 Å². The van der Waals surface area contributed by atoms with Gasteiger partial charge in [0.25, 0.3) is 0 Å². The Morgan fingerprint density at radius 2 is 0.467 bits per heavy atom. The summed E-state index contributed by atoms with van der Waals surface area (Å²) in [4.78, 5) is 9.88. The van der Waals surface area contributed by atoms with Crippen LogP contribution in [0.25, 0.3) is 98.7 Å². The zero-order chi connectivity index (χ0) is 81.1. The fraction of sp³-hybridized carbons (Fsp3) is 0.0508. The summed E-state index contributed by atoms with van der Waals surface area (Å²) in [7, 11) is 0. The first-order chi connectivity index (χ1) is 60.1. The SMILES string of the molecule is Cc1ccc(N(c2ccccc2)c2ccc3cc4c(cc3c2)C2(c3ccccc3-c3ccccc32)c2cc(N(c3ccc(C)cc3)c3cccc(-c5cccc(N(c6cccc(C)c6)c6ccc7cc8c(cc7c6)C6(c7ccccc7-c7ccccc76)c6cc(N(c7ccccc7)c7cccc(C)c7)c7ccccc7c6-8)c5)c3)c3ccccc3c2-4)cc1. The van der Waals surface area contributed by atoms with Crippen LogP contribution >= 0.6 is 0 Å². The van der Waals surface area contributed by atoms with E-state index in [4.69, 9.17) is 0 Å². The summed E-state index contributed by atoms with van der Waals surface area (Å²) in [6.07, 6.45) is 0. The van der Waals surface area contributed by atoms with Gasteiger partial charge in [-0.3, -0.25) is 0 Å². The number of para-hydroxylation sites is 2. The van der Waals surface area contributed by atoms with Crippen LogP contribution in [0.3, 0.4) is 0 Å². The number of nitrogens with zero attached hydrogens (tertiary/aromatic N) is 4. The molecule has 0 bridgehead atoms. The van der Waals surface area contributed by atoms with Crippen LogP contribution in [0.1, 0.15) is 66.8 Å². The summed E-state index contributed by atoms with van der Waals surface area (Å²) >= 11 is 0. The molecule has 0 fully saturated rings. The first kappa shape index (κ1) is 70.8. The number of hydrogen-bond donors (Lipinski definition) is 0. The third-order valence-electron chi connectivity index (χ3n) is 26.7. The van der Waals surface area contributed by atoms with Gasteiger partial charge in [0.1, 0.15) is 0 Å². The fourth-order valence-electron chi connectivity index (χ4n) is 21.5. The van der Waals surface area contributed by atoms with Crippen molar-refractivity contribution in [3.05, 3.63) is 491 Å². The summed E-state index contributed by atoms with van der Waals surface area (Å²) in [6.45, 7) is 8.74. The lowest BCUT2D eigenvalue weighted by molar-refractivity contribution is 0.795. The average Bonchev–Trinajstić information content (AvgIpc) is 1.50. The standard InChI is InChI=1S/C118H82N4/c1-75-51-57-87(58-52-75)119(85-31-7-5-8-32-85)93-61-55-81-69-103-109(71-83(81)67-93)118(107-49-21-17-41-97(107)98-42-18-22-50-108(98)118)112-74-114(100-44-12-14-46-102(100)116(103)112)122(88-59-53-76(2)54-60-88)92-38-26-30-80(66-92)79-29-25-37-91(65-79)120(89-35-23-27-77(3)63-89)94-62-56-82-70-104-110(72-84(82)68-94)117(105-47-19-15-39-95(105)96-40-16-20-48-106(96)117)111-73-113(99-43-11-13-45-101(99)115(104)111)121(86-33-9-6-10-34-86)90-36-24-28-78(4)64-90/h5-74H,1-4H3. The van der Waals surface area contributed by atoms with E-state index in [1.54, 1.807) is 0 Å². The lowest BCUT2D eigenvalue weighted by atomic mass is 9.70. The number of anilines is 12. The molecule has 0 N–H and O–H groups in total. The van der Waals surface area contributed by atoms with E-state index in [0.717, 1.165) is 79.4 Å². The van der Waals surface area contributed by atoms with Gasteiger partial charge in [-0.25, -0.2) is 0 Å². The van der Waals surface area contributed by atoms with Crippen molar-refractivity contribution in [1.29, 1.82) is 0 Å². The van der Waals surface area contributed by atoms with E-state index >= 15 is 0 Å². The maximum atomic E-state index is 2.58. The smallest absolute Gasteiger partial charge is 0.0726 e. The molecule has 2 spiro atoms. The quantitative estimate of drug-likeness (QED) is 0.114. The molecular weight excluding hydrogens is 1470 g/mol. The molecule has 574 valence electrons. The predicted molar refractivity (Wildman–Crippen MR) is 512 cm³/mol. The van der Waals surface area contributed by atoms with Crippen LogP contribution in [0.2, 0.25) is 0 Å². The van der Waals surface area contributed by atoms with Crippen LogP contribution in [0, 0.1) is 27.7 Å². The predicted octanol–water partition coefficient (Wildman–Crippen LogP) is 31.8. The summed E-state index contributed by atoms with van der Waals surface area (Å²) in [5.74, 6) is 0. The zero-order valence-corrected chi connectivity index (χ0v) is 68.2. The number of fused-ring (bicyclic) bond motifs is 26. The monoisotopic (exact) mass is 1550 g/mol. The van der Waals surface area contributed by atoms with Crippen molar-refractivity contribution in [3.63, 3.8) is 0 Å². The highest BCUT2D eigenvalue weighted by Crippen LogP contribution is 2.68. The molecule has 0 heterocycles. The molecule has 0 aliphatic heterocycles. The Hall–Kier alpha value is -15.4. The molecule has 0 radical (unpaired) electrons. The van der Waals surface area contributed by atoms with Gasteiger partial charge in [-0.05, 0) is 329 Å². The molecule has 20 aromatic carbocycles. The van der Waals surface area contributed by atoms with Crippen LogP contribution in [-0.2, 0) is 10.8 Å². The van der Waals surface area contributed by atoms with Gasteiger partial charge in [0.2, 0.25) is 0 Å². The molecule has 4 aliphatic carbocycles. The van der Waals surface area contributed by atoms with E-state index in [0.29, 0.717) is 0 Å². The van der Waals surface area contributed by atoms with E-state index in [9.17, 15) is 0 Å². The first-order valence-corrected chi connectivity index (χ1v) is 42.6. The minimum absolute atomic E-state index is 0.656. The highest BCUT2D eigenvalue weighted by molar-refractivity contribution is 6.16. The van der Waals surface area contributed by atoms with Gasteiger partial charge >= 0.3 is 0 Å². The Morgan fingerprint density at radius 1 is 0.164 bits per heavy atom. The molecule has 0 atom stereocenters. The largest absolute Gasteiger partial charge is 0.310 e. The number of rotatable bonds is 13. The minimum atomic E-state index is -0.678. The second kappa shape index (κ2) is 27.6. The molecule has 4 nitrogen and oxygen atoms in total. The zero-order valence-electron chi connectivity index (χ0n) is 68.2. The molecule has 4 aliphatic rings. The Kier molecular flexibility index (Phi) is 16.0. The molecular formula is C118H82N4. The third-order valence-corrected chi connectivity index (χ3v) is 26.7. The lowest BCUT2D eigenvalue weighted by Crippen LogP contribution is -2.26. The van der Waals surface area contributed by atoms with Gasteiger partial charge in [-0.1, -0.05) is 278 Å². The highest BCUT2D eigenvalue weighted by atomic mass is 15.2. The van der Waals surface area contributed by atoms with Crippen LogP contribution < -0.4 is 19.6 Å². The molecule has 24 rings (SSSR count). The molecule has 122 heavy (non-hydrogen) atoms. The summed E-state index contributed by atoms with van der Waals surface area (Å²) in [6, 6.07) is 161. The van der Waals surface area contributed by atoms with Crippen LogP contribution in [0.4, 0.5) is 68.2 Å². The van der Waals surface area contributed by atoms with Crippen molar-refractivity contribution < 1.29 is 0 Å². The van der Waals surface area contributed by atoms with Crippen LogP contribution in [0.15, 0.2) is 425 Å². The van der Waals surface area contributed by atoms with Crippen molar-refractivity contribution in [3.8, 4) is 55.6 Å². The fourth-order valence-corrected chi connectivity index (χ4v) is 21.5. The second-order valence-corrected chi connectivity index (χ2v) is 33.7. The Balaban J connectivity index is 0.663. The molecule has 0 aromatic heterocycles. The van der Waals surface area contributed by atoms with Crippen molar-refractivity contribution in [2.24, 2.45) is 0 Å². The average molecular weight is 1560 g/mol. The topological polar surface area (TPSA) is 13.0 Å². The minimum Gasteiger partial charge on any atom is -0.310 e. The van der Waals surface area contributed by atoms with Gasteiger partial charge in [0, 0.05) is 67.6 Å². The van der Waals surface area contributed by atoms with Crippen molar-refractivity contribution in [1.82, 2.24) is 0 Å². The highest BCUT2D eigenvalue weighted by Gasteiger charge is 2.55. The molecule has 0 saturated carbocycles. The second-order valence-electron chi connectivity index (χ2n) is 33.7. The summed E-state index contributed by atoms with van der Waals surface area (Å²) < 4.78 is 0. The van der Waals surface area contributed by atoms with Gasteiger partial charge in [-0.2, -0.15) is 0 Å². The third kappa shape index (κ3) is 10.7. The number of benzene rings is 20. The molecule has 20 aromatic rings. The summed E-state index contributed by atoms with van der Waals surface area (Å²) in [5.41, 5.74) is 39.4. The molecule has 4 heteroatoms. The Labute approximate surface area is 711 Å². The van der Waals surface area contributed by atoms with Gasteiger partial charge in [-0.15, -0.1) is 0 Å². The number of aryl methyl sites for hydroxylation is 4. The van der Waals surface area contributed by atoms with Crippen LogP contribution in [0.5, 0.6) is 0 Å². The van der Waals surface area contributed by atoms with E-state index in [1.165, 1.54) is 154 Å². The van der Waals surface area contributed by atoms with Gasteiger partial charge in [0.15, 0.2) is 0 Å². The van der Waals surface area contributed by atoms with E-state index in [-0.39, 0.29) is 0 Å². The maximum Gasteiger partial charge on any atom is 0.0726 e. The Bertz CT molecular complexity index is 7620. The normalized spacial score (nSPS) is 13.0. The van der Waals surface area contributed by atoms with Crippen molar-refractivity contribution in [2.75, 3.05) is 19.6 Å². The van der Waals surface area contributed by atoms with Gasteiger partial charge < -0.3 is 19.6 Å². The van der Waals surface area contributed by atoms with Crippen molar-refractivity contribution in [2.45, 2.75) is 38.5 Å². The maximum absolute atomic E-state index is 2.58. The Morgan fingerprint density at radius 3 is 0.885 bits per heavy atom. The molecule has 0 unspecified atom stereocenters. The van der Waals surface area contributed by atoms with E-state index in [2.05, 4.69) is 472 Å². The van der Waals surface area contributed by atoms with E-state index in [1.807, 2.05) is 0 Å².